The Labute approximate surface area is 125 Å². The fraction of sp³-hybridized carbons (Fsp3) is 0.250. The van der Waals surface area contributed by atoms with Crippen LogP contribution in [-0.4, -0.2) is 16.3 Å². The molecule has 0 bridgehead atoms. The number of phenolic OH excluding ortho intramolecular Hbond substituents is 1. The molecule has 0 fully saturated rings. The third-order valence-corrected chi connectivity index (χ3v) is 3.24. The zero-order valence-corrected chi connectivity index (χ0v) is 12.2. The number of aryl methyl sites for hydroxylation is 1. The van der Waals surface area contributed by atoms with Gasteiger partial charge in [-0.25, -0.2) is 0 Å². The molecule has 0 aromatic heterocycles. The maximum absolute atomic E-state index is 10.2. The van der Waals surface area contributed by atoms with Crippen LogP contribution in [0.2, 0.25) is 0 Å². The predicted octanol–water partition coefficient (Wildman–Crippen LogP) is 2.73. The quantitative estimate of drug-likeness (QED) is 0.812. The number of benzene rings is 2. The van der Waals surface area contributed by atoms with Gasteiger partial charge in [0.15, 0.2) is 0 Å². The monoisotopic (exact) mass is 293 g/mol. The van der Waals surface area contributed by atoms with Gasteiger partial charge in [-0.3, -0.25) is 0 Å². The Morgan fingerprint density at radius 1 is 1.10 bits per heavy atom. The van der Waals surface area contributed by atoms with Gasteiger partial charge in [-0.1, -0.05) is 48.0 Å². The smallest absolute Gasteiger partial charge is 0.120 e. The average Bonchev–Trinajstić information content (AvgIpc) is 2.42. The Bertz CT molecular complexity index is 545. The van der Waals surface area contributed by atoms with E-state index in [1.165, 1.54) is 0 Å². The molecule has 0 aliphatic rings. The molecule has 0 amide bonds. The number of hydrogen-bond donors (Lipinski definition) is 3. The first-order valence-electron chi connectivity index (χ1n) is 6.35. The van der Waals surface area contributed by atoms with E-state index in [0.717, 1.165) is 11.1 Å². The van der Waals surface area contributed by atoms with Crippen molar-refractivity contribution in [3.05, 3.63) is 65.2 Å². The molecule has 0 saturated heterocycles. The van der Waals surface area contributed by atoms with E-state index in [1.54, 1.807) is 6.07 Å². The van der Waals surface area contributed by atoms with Crippen molar-refractivity contribution in [3.8, 4) is 5.75 Å². The van der Waals surface area contributed by atoms with Gasteiger partial charge >= 0.3 is 0 Å². The topological polar surface area (TPSA) is 66.5 Å². The van der Waals surface area contributed by atoms with Gasteiger partial charge in [-0.15, -0.1) is 12.4 Å². The highest BCUT2D eigenvalue weighted by molar-refractivity contribution is 5.85. The third-order valence-electron chi connectivity index (χ3n) is 3.24. The van der Waals surface area contributed by atoms with Crippen molar-refractivity contribution in [3.63, 3.8) is 0 Å². The lowest BCUT2D eigenvalue weighted by atomic mass is 9.95. The van der Waals surface area contributed by atoms with E-state index in [4.69, 9.17) is 5.73 Å². The molecule has 0 aliphatic heterocycles. The van der Waals surface area contributed by atoms with Gasteiger partial charge in [0, 0.05) is 12.0 Å². The standard InChI is InChI=1S/C16H19NO2.ClH/c1-11-7-8-14(18)13(9-11)16(17)15(19)10-12-5-3-2-4-6-12;/h2-9,15-16,18-19H,10,17H2,1H3;1H/t15-,16+;/m0./s1. The van der Waals surface area contributed by atoms with Crippen LogP contribution in [-0.2, 0) is 6.42 Å². The zero-order chi connectivity index (χ0) is 13.8. The lowest BCUT2D eigenvalue weighted by Crippen LogP contribution is -2.28. The van der Waals surface area contributed by atoms with Gasteiger partial charge in [0.05, 0.1) is 12.1 Å². The first-order chi connectivity index (χ1) is 9.08. The van der Waals surface area contributed by atoms with Crippen LogP contribution < -0.4 is 5.73 Å². The van der Waals surface area contributed by atoms with Gasteiger partial charge in [-0.05, 0) is 18.6 Å². The molecule has 0 spiro atoms. The van der Waals surface area contributed by atoms with Crippen molar-refractivity contribution in [1.82, 2.24) is 0 Å². The molecule has 2 atom stereocenters. The molecule has 2 aromatic carbocycles. The van der Waals surface area contributed by atoms with Crippen molar-refractivity contribution in [2.24, 2.45) is 5.73 Å². The highest BCUT2D eigenvalue weighted by Crippen LogP contribution is 2.27. The summed E-state index contributed by atoms with van der Waals surface area (Å²) in [5.74, 6) is 0.130. The van der Waals surface area contributed by atoms with Crippen molar-refractivity contribution in [2.45, 2.75) is 25.5 Å². The van der Waals surface area contributed by atoms with E-state index in [9.17, 15) is 10.2 Å². The summed E-state index contributed by atoms with van der Waals surface area (Å²) >= 11 is 0. The molecule has 4 N–H and O–H groups in total. The van der Waals surface area contributed by atoms with Gasteiger partial charge in [0.2, 0.25) is 0 Å². The Morgan fingerprint density at radius 2 is 1.75 bits per heavy atom. The van der Waals surface area contributed by atoms with Crippen molar-refractivity contribution >= 4 is 12.4 Å². The summed E-state index contributed by atoms with van der Waals surface area (Å²) in [7, 11) is 0. The summed E-state index contributed by atoms with van der Waals surface area (Å²) in [5.41, 5.74) is 8.67. The normalized spacial score (nSPS) is 13.3. The SMILES string of the molecule is Cc1ccc(O)c([C@@H](N)[C@@H](O)Cc2ccccc2)c1.Cl. The number of aromatic hydroxyl groups is 1. The molecule has 4 heteroatoms. The highest BCUT2D eigenvalue weighted by Gasteiger charge is 2.20. The summed E-state index contributed by atoms with van der Waals surface area (Å²) in [6.45, 7) is 1.93. The lowest BCUT2D eigenvalue weighted by Gasteiger charge is -2.20. The molecule has 2 aromatic rings. The molecular formula is C16H20ClNO2. The molecule has 0 heterocycles. The summed E-state index contributed by atoms with van der Waals surface area (Å²) < 4.78 is 0. The van der Waals surface area contributed by atoms with E-state index >= 15 is 0 Å². The van der Waals surface area contributed by atoms with E-state index in [2.05, 4.69) is 0 Å². The van der Waals surface area contributed by atoms with Crippen LogP contribution in [0.3, 0.4) is 0 Å². The van der Waals surface area contributed by atoms with Crippen LogP contribution in [0, 0.1) is 6.92 Å². The van der Waals surface area contributed by atoms with Gasteiger partial charge in [0.25, 0.3) is 0 Å². The molecule has 2 rings (SSSR count). The van der Waals surface area contributed by atoms with Gasteiger partial charge in [0.1, 0.15) is 5.75 Å². The predicted molar refractivity (Wildman–Crippen MR) is 83.2 cm³/mol. The second-order valence-corrected chi connectivity index (χ2v) is 4.85. The number of halogens is 1. The molecule has 108 valence electrons. The van der Waals surface area contributed by atoms with Crippen LogP contribution in [0.1, 0.15) is 22.7 Å². The van der Waals surface area contributed by atoms with Crippen molar-refractivity contribution in [2.75, 3.05) is 0 Å². The minimum absolute atomic E-state index is 0. The zero-order valence-electron chi connectivity index (χ0n) is 11.4. The Balaban J connectivity index is 0.00000200. The summed E-state index contributed by atoms with van der Waals surface area (Å²) in [4.78, 5) is 0. The minimum atomic E-state index is -0.727. The average molecular weight is 294 g/mol. The van der Waals surface area contributed by atoms with Gasteiger partial charge < -0.3 is 15.9 Å². The first-order valence-corrected chi connectivity index (χ1v) is 6.35. The molecular weight excluding hydrogens is 274 g/mol. The Hall–Kier alpha value is -1.55. The maximum atomic E-state index is 10.2. The number of rotatable bonds is 4. The molecule has 0 unspecified atom stereocenters. The second-order valence-electron chi connectivity index (χ2n) is 4.85. The van der Waals surface area contributed by atoms with E-state index in [1.807, 2.05) is 49.4 Å². The van der Waals surface area contributed by atoms with Crippen LogP contribution in [0.15, 0.2) is 48.5 Å². The highest BCUT2D eigenvalue weighted by atomic mass is 35.5. The van der Waals surface area contributed by atoms with Crippen LogP contribution in [0.25, 0.3) is 0 Å². The number of phenols is 1. The number of aliphatic hydroxyl groups excluding tert-OH is 1. The molecule has 0 aliphatic carbocycles. The van der Waals surface area contributed by atoms with Gasteiger partial charge in [-0.2, -0.15) is 0 Å². The fourth-order valence-corrected chi connectivity index (χ4v) is 2.13. The summed E-state index contributed by atoms with van der Waals surface area (Å²) in [6.07, 6.45) is -0.259. The summed E-state index contributed by atoms with van der Waals surface area (Å²) in [6, 6.07) is 14.3. The van der Waals surface area contributed by atoms with E-state index in [0.29, 0.717) is 12.0 Å². The Morgan fingerprint density at radius 3 is 2.40 bits per heavy atom. The number of hydrogen-bond acceptors (Lipinski definition) is 3. The first kappa shape index (κ1) is 16.5. The number of aliphatic hydroxyl groups is 1. The minimum Gasteiger partial charge on any atom is -0.508 e. The van der Waals surface area contributed by atoms with Crippen molar-refractivity contribution < 1.29 is 10.2 Å². The maximum Gasteiger partial charge on any atom is 0.120 e. The second kappa shape index (κ2) is 7.29. The van der Waals surface area contributed by atoms with Crippen LogP contribution in [0.5, 0.6) is 5.75 Å². The molecule has 0 saturated carbocycles. The fourth-order valence-electron chi connectivity index (χ4n) is 2.13. The Kier molecular flexibility index (Phi) is 6.02. The lowest BCUT2D eigenvalue weighted by molar-refractivity contribution is 0.143. The van der Waals surface area contributed by atoms with E-state index < -0.39 is 12.1 Å². The van der Waals surface area contributed by atoms with Crippen LogP contribution >= 0.6 is 12.4 Å². The van der Waals surface area contributed by atoms with Crippen LogP contribution in [0.4, 0.5) is 0 Å². The largest absolute Gasteiger partial charge is 0.508 e. The molecule has 3 nitrogen and oxygen atoms in total. The summed E-state index contributed by atoms with van der Waals surface area (Å²) in [5, 5.41) is 20.0. The van der Waals surface area contributed by atoms with E-state index in [-0.39, 0.29) is 18.2 Å². The third kappa shape index (κ3) is 3.97. The molecule has 20 heavy (non-hydrogen) atoms. The molecule has 0 radical (unpaired) electrons. The number of nitrogens with two attached hydrogens (primary N) is 1. The van der Waals surface area contributed by atoms with Crippen molar-refractivity contribution in [1.29, 1.82) is 0 Å².